The van der Waals surface area contributed by atoms with Gasteiger partial charge in [-0.1, -0.05) is 0 Å². The van der Waals surface area contributed by atoms with Crippen molar-refractivity contribution < 1.29 is 22.7 Å². The Hall–Kier alpha value is -1.76. The van der Waals surface area contributed by atoms with Crippen molar-refractivity contribution in [3.8, 4) is 11.5 Å². The van der Waals surface area contributed by atoms with Crippen molar-refractivity contribution in [3.63, 3.8) is 0 Å². The van der Waals surface area contributed by atoms with Crippen LogP contribution in [0.15, 0.2) is 18.2 Å². The molecule has 3 rings (SSSR count). The van der Waals surface area contributed by atoms with Gasteiger partial charge in [0, 0.05) is 18.2 Å². The maximum Gasteiger partial charge on any atom is 0.231 e. The number of hydrogen-bond acceptors (Lipinski definition) is 5. The molecule has 1 fully saturated rings. The van der Waals surface area contributed by atoms with Crippen LogP contribution in [-0.2, 0) is 14.6 Å². The summed E-state index contributed by atoms with van der Waals surface area (Å²) in [6, 6.07) is 5.24. The molecular weight excluding hydrogens is 294 g/mol. The Bertz CT molecular complexity index is 641. The van der Waals surface area contributed by atoms with Crippen molar-refractivity contribution in [1.29, 1.82) is 0 Å². The van der Waals surface area contributed by atoms with Gasteiger partial charge in [-0.15, -0.1) is 0 Å². The highest BCUT2D eigenvalue weighted by atomic mass is 32.2. The molecule has 0 spiro atoms. The lowest BCUT2D eigenvalue weighted by Gasteiger charge is -2.21. The van der Waals surface area contributed by atoms with Gasteiger partial charge >= 0.3 is 0 Å². The highest BCUT2D eigenvalue weighted by Gasteiger charge is 2.25. The number of anilines is 1. The quantitative estimate of drug-likeness (QED) is 0.916. The second kappa shape index (κ2) is 5.55. The van der Waals surface area contributed by atoms with Crippen molar-refractivity contribution in [3.05, 3.63) is 18.2 Å². The maximum atomic E-state index is 12.0. The molecule has 0 atom stereocenters. The molecule has 0 bridgehead atoms. The minimum Gasteiger partial charge on any atom is -0.454 e. The van der Waals surface area contributed by atoms with Crippen LogP contribution in [0.3, 0.4) is 0 Å². The predicted molar refractivity (Wildman–Crippen MR) is 77.2 cm³/mol. The summed E-state index contributed by atoms with van der Waals surface area (Å²) < 4.78 is 33.2. The average molecular weight is 311 g/mol. The summed E-state index contributed by atoms with van der Waals surface area (Å²) in [5.41, 5.74) is 0.660. The first kappa shape index (κ1) is 14.2. The number of carbonyl (C=O) groups excluding carboxylic acids is 1. The van der Waals surface area contributed by atoms with E-state index >= 15 is 0 Å². The second-order valence-corrected chi connectivity index (χ2v) is 7.72. The maximum absolute atomic E-state index is 12.0. The first-order valence-electron chi connectivity index (χ1n) is 6.92. The monoisotopic (exact) mass is 311 g/mol. The van der Waals surface area contributed by atoms with E-state index in [0.717, 1.165) is 0 Å². The van der Waals surface area contributed by atoms with E-state index < -0.39 is 9.84 Å². The lowest BCUT2D eigenvalue weighted by molar-refractivity contribution is -0.117. The van der Waals surface area contributed by atoms with Gasteiger partial charge in [0.15, 0.2) is 11.5 Å². The largest absolute Gasteiger partial charge is 0.454 e. The van der Waals surface area contributed by atoms with E-state index in [2.05, 4.69) is 5.32 Å². The summed E-state index contributed by atoms with van der Waals surface area (Å²) in [6.07, 6.45) is 1.48. The number of ether oxygens (including phenoxy) is 2. The smallest absolute Gasteiger partial charge is 0.231 e. The molecule has 1 saturated heterocycles. The fourth-order valence-electron chi connectivity index (χ4n) is 2.59. The number of hydrogen-bond donors (Lipinski definition) is 1. The molecule has 1 N–H and O–H groups in total. The van der Waals surface area contributed by atoms with Gasteiger partial charge in [0.25, 0.3) is 0 Å². The Labute approximate surface area is 123 Å². The number of benzene rings is 1. The van der Waals surface area contributed by atoms with E-state index in [1.165, 1.54) is 0 Å². The number of amides is 1. The molecule has 0 saturated carbocycles. The molecule has 7 heteroatoms. The van der Waals surface area contributed by atoms with Crippen LogP contribution in [0.2, 0.25) is 0 Å². The second-order valence-electron chi connectivity index (χ2n) is 5.42. The molecule has 0 aliphatic carbocycles. The first-order valence-corrected chi connectivity index (χ1v) is 8.74. The van der Waals surface area contributed by atoms with E-state index in [4.69, 9.17) is 9.47 Å². The Morgan fingerprint density at radius 1 is 1.19 bits per heavy atom. The zero-order chi connectivity index (χ0) is 14.9. The van der Waals surface area contributed by atoms with E-state index in [9.17, 15) is 13.2 Å². The van der Waals surface area contributed by atoms with Crippen molar-refractivity contribution >= 4 is 21.4 Å². The Kier molecular flexibility index (Phi) is 3.75. The van der Waals surface area contributed by atoms with Gasteiger partial charge in [-0.25, -0.2) is 8.42 Å². The van der Waals surface area contributed by atoms with Crippen LogP contribution < -0.4 is 14.8 Å². The van der Waals surface area contributed by atoms with E-state index in [1.807, 2.05) is 0 Å². The number of nitrogens with one attached hydrogen (secondary N) is 1. The molecule has 21 heavy (non-hydrogen) atoms. The summed E-state index contributed by atoms with van der Waals surface area (Å²) in [6.45, 7) is 0.198. The highest BCUT2D eigenvalue weighted by Crippen LogP contribution is 2.34. The average Bonchev–Trinajstić information content (AvgIpc) is 2.88. The number of sulfone groups is 1. The molecule has 114 valence electrons. The Balaban J connectivity index is 1.55. The summed E-state index contributed by atoms with van der Waals surface area (Å²) in [4.78, 5) is 12.0. The van der Waals surface area contributed by atoms with Crippen molar-refractivity contribution in [2.45, 2.75) is 19.3 Å². The molecule has 2 aliphatic heterocycles. The molecule has 0 unspecified atom stereocenters. The summed E-state index contributed by atoms with van der Waals surface area (Å²) in [7, 11) is -2.88. The fourth-order valence-corrected chi connectivity index (χ4v) is 4.18. The van der Waals surface area contributed by atoms with Gasteiger partial charge in [0.1, 0.15) is 9.84 Å². The summed E-state index contributed by atoms with van der Waals surface area (Å²) >= 11 is 0. The normalized spacial score (nSPS) is 20.2. The summed E-state index contributed by atoms with van der Waals surface area (Å²) in [5.74, 6) is 1.71. The zero-order valence-electron chi connectivity index (χ0n) is 11.5. The van der Waals surface area contributed by atoms with E-state index in [-0.39, 0.29) is 30.1 Å². The van der Waals surface area contributed by atoms with Crippen LogP contribution in [-0.4, -0.2) is 32.6 Å². The van der Waals surface area contributed by atoms with Crippen LogP contribution >= 0.6 is 0 Å². The van der Waals surface area contributed by atoms with Gasteiger partial charge in [0.05, 0.1) is 11.5 Å². The molecule has 2 aliphatic rings. The topological polar surface area (TPSA) is 81.7 Å². The number of fused-ring (bicyclic) bond motifs is 1. The van der Waals surface area contributed by atoms with Crippen LogP contribution in [0.25, 0.3) is 0 Å². The van der Waals surface area contributed by atoms with E-state index in [1.54, 1.807) is 18.2 Å². The SMILES string of the molecule is O=C(CC1CCS(=O)(=O)CC1)Nc1ccc2c(c1)OCO2. The third-order valence-electron chi connectivity index (χ3n) is 3.80. The number of rotatable bonds is 3. The van der Waals surface area contributed by atoms with Gasteiger partial charge in [-0.05, 0) is 30.9 Å². The molecule has 1 aromatic carbocycles. The van der Waals surface area contributed by atoms with Crippen LogP contribution in [0.4, 0.5) is 5.69 Å². The highest BCUT2D eigenvalue weighted by molar-refractivity contribution is 7.91. The van der Waals surface area contributed by atoms with Gasteiger partial charge < -0.3 is 14.8 Å². The Morgan fingerprint density at radius 3 is 2.67 bits per heavy atom. The summed E-state index contributed by atoms with van der Waals surface area (Å²) in [5, 5.41) is 2.82. The predicted octanol–water partition coefficient (Wildman–Crippen LogP) is 1.57. The van der Waals surface area contributed by atoms with Gasteiger partial charge in [-0.2, -0.15) is 0 Å². The number of carbonyl (C=O) groups is 1. The minimum absolute atomic E-state index is 0.0989. The fraction of sp³-hybridized carbons (Fsp3) is 0.500. The van der Waals surface area contributed by atoms with Crippen molar-refractivity contribution in [1.82, 2.24) is 0 Å². The van der Waals surface area contributed by atoms with Crippen LogP contribution in [0.5, 0.6) is 11.5 Å². The molecule has 0 aromatic heterocycles. The van der Waals surface area contributed by atoms with E-state index in [0.29, 0.717) is 36.4 Å². The van der Waals surface area contributed by atoms with Crippen molar-refractivity contribution in [2.24, 2.45) is 5.92 Å². The van der Waals surface area contributed by atoms with Crippen LogP contribution in [0, 0.1) is 5.92 Å². The lowest BCUT2D eigenvalue weighted by Crippen LogP contribution is -2.26. The van der Waals surface area contributed by atoms with Gasteiger partial charge in [-0.3, -0.25) is 4.79 Å². The third kappa shape index (κ3) is 3.47. The Morgan fingerprint density at radius 2 is 1.90 bits per heavy atom. The first-order chi connectivity index (χ1) is 10.0. The molecule has 1 amide bonds. The van der Waals surface area contributed by atoms with Gasteiger partial charge in [0.2, 0.25) is 12.7 Å². The standard InChI is InChI=1S/C14H17NO5S/c16-14(7-10-3-5-21(17,18)6-4-10)15-11-1-2-12-13(8-11)20-9-19-12/h1-2,8,10H,3-7,9H2,(H,15,16). The molecule has 6 nitrogen and oxygen atoms in total. The molecule has 0 radical (unpaired) electrons. The minimum atomic E-state index is -2.88. The lowest BCUT2D eigenvalue weighted by atomic mass is 9.98. The molecule has 1 aromatic rings. The van der Waals surface area contributed by atoms with Crippen molar-refractivity contribution in [2.75, 3.05) is 23.6 Å². The zero-order valence-corrected chi connectivity index (χ0v) is 12.3. The third-order valence-corrected chi connectivity index (χ3v) is 5.52. The molecular formula is C14H17NO5S. The van der Waals surface area contributed by atoms with Crippen LogP contribution in [0.1, 0.15) is 19.3 Å². The molecule has 2 heterocycles.